The van der Waals surface area contributed by atoms with E-state index >= 15 is 0 Å². The van der Waals surface area contributed by atoms with Gasteiger partial charge < -0.3 is 10.2 Å². The molecule has 1 aromatic carbocycles. The number of nitrogens with zero attached hydrogens (tertiary/aromatic N) is 1. The molecule has 0 aromatic heterocycles. The Morgan fingerprint density at radius 1 is 1.11 bits per heavy atom. The van der Waals surface area contributed by atoms with Gasteiger partial charge in [-0.2, -0.15) is 0 Å². The van der Waals surface area contributed by atoms with Crippen molar-refractivity contribution in [3.05, 3.63) is 47.7 Å². The number of fused-ring (bicyclic) bond motifs is 1. The molecule has 3 aliphatic rings. The van der Waals surface area contributed by atoms with Gasteiger partial charge in [0.2, 0.25) is 11.8 Å². The first-order valence-electron chi connectivity index (χ1n) is 10.5. The minimum Gasteiger partial charge on any atom is -0.355 e. The molecule has 1 saturated carbocycles. The average molecular weight is 367 g/mol. The predicted molar refractivity (Wildman–Crippen MR) is 106 cm³/mol. The van der Waals surface area contributed by atoms with Crippen LogP contribution in [0.15, 0.2) is 42.1 Å². The minimum atomic E-state index is -0.321. The Hall–Kier alpha value is -2.10. The quantitative estimate of drug-likeness (QED) is 0.776. The number of nitrogens with one attached hydrogen (secondary N) is 1. The highest BCUT2D eigenvalue weighted by atomic mass is 16.2. The van der Waals surface area contributed by atoms with Crippen LogP contribution in [0.1, 0.15) is 63.4 Å². The lowest BCUT2D eigenvalue weighted by Crippen LogP contribution is -2.39. The number of piperidine rings is 1. The minimum absolute atomic E-state index is 0.120. The third-order valence-electron chi connectivity index (χ3n) is 6.44. The largest absolute Gasteiger partial charge is 0.355 e. The predicted octanol–water partition coefficient (Wildman–Crippen LogP) is 3.92. The van der Waals surface area contributed by atoms with Crippen LogP contribution < -0.4 is 5.32 Å². The van der Waals surface area contributed by atoms with E-state index in [1.165, 1.54) is 25.0 Å². The molecule has 1 aromatic rings. The maximum atomic E-state index is 12.7. The Balaban J connectivity index is 1.25. The molecular formula is C23H30N2O2. The number of hydrogen-bond acceptors (Lipinski definition) is 2. The molecule has 144 valence electrons. The molecule has 1 heterocycles. The first-order valence-corrected chi connectivity index (χ1v) is 10.5. The third kappa shape index (κ3) is 3.80. The smallest absolute Gasteiger partial charge is 0.230 e. The zero-order chi connectivity index (χ0) is 18.7. The number of carbonyl (C=O) groups excluding carboxylic acids is 2. The van der Waals surface area contributed by atoms with Gasteiger partial charge in [-0.3, -0.25) is 9.59 Å². The maximum Gasteiger partial charge on any atom is 0.230 e. The molecule has 1 N–H and O–H groups in total. The van der Waals surface area contributed by atoms with Crippen molar-refractivity contribution in [2.24, 2.45) is 5.92 Å². The summed E-state index contributed by atoms with van der Waals surface area (Å²) in [6, 6.07) is 10.1. The Morgan fingerprint density at radius 3 is 2.67 bits per heavy atom. The SMILES string of the molecule is O=C(CCCNC(=O)C1(c2ccccc2)CC1)N1CCCC2CCCC=C21. The standard InChI is InChI=1S/C23H30N2O2/c26-21(25-17-7-9-18-8-4-5-12-20(18)25)13-6-16-24-22(27)23(14-15-23)19-10-2-1-3-11-19/h1-3,10-12,18H,4-9,13-17H2,(H,24,27). The second kappa shape index (κ2) is 7.87. The molecule has 4 heteroatoms. The van der Waals surface area contributed by atoms with Crippen molar-refractivity contribution in [3.8, 4) is 0 Å². The van der Waals surface area contributed by atoms with E-state index in [1.807, 2.05) is 35.2 Å². The van der Waals surface area contributed by atoms with Crippen molar-refractivity contribution in [1.29, 1.82) is 0 Å². The van der Waals surface area contributed by atoms with E-state index in [2.05, 4.69) is 11.4 Å². The van der Waals surface area contributed by atoms with Gasteiger partial charge in [0.1, 0.15) is 0 Å². The summed E-state index contributed by atoms with van der Waals surface area (Å²) in [6.45, 7) is 1.44. The fourth-order valence-electron chi connectivity index (χ4n) is 4.72. The summed E-state index contributed by atoms with van der Waals surface area (Å²) in [5.41, 5.74) is 2.07. The summed E-state index contributed by atoms with van der Waals surface area (Å²) >= 11 is 0. The van der Waals surface area contributed by atoms with Gasteiger partial charge in [0.05, 0.1) is 5.41 Å². The van der Waals surface area contributed by atoms with Crippen LogP contribution in [0, 0.1) is 5.92 Å². The average Bonchev–Trinajstić information content (AvgIpc) is 3.53. The number of amides is 2. The number of hydrogen-bond donors (Lipinski definition) is 1. The van der Waals surface area contributed by atoms with Crippen LogP contribution in [0.25, 0.3) is 0 Å². The van der Waals surface area contributed by atoms with Gasteiger partial charge in [0.25, 0.3) is 0 Å². The summed E-state index contributed by atoms with van der Waals surface area (Å²) in [7, 11) is 0. The van der Waals surface area contributed by atoms with E-state index in [1.54, 1.807) is 0 Å². The fourth-order valence-corrected chi connectivity index (χ4v) is 4.72. The van der Waals surface area contributed by atoms with E-state index in [0.717, 1.165) is 37.8 Å². The van der Waals surface area contributed by atoms with Crippen molar-refractivity contribution in [1.82, 2.24) is 10.2 Å². The highest BCUT2D eigenvalue weighted by Crippen LogP contribution is 2.48. The third-order valence-corrected chi connectivity index (χ3v) is 6.44. The summed E-state index contributed by atoms with van der Waals surface area (Å²) < 4.78 is 0. The highest BCUT2D eigenvalue weighted by molar-refractivity contribution is 5.91. The highest BCUT2D eigenvalue weighted by Gasteiger charge is 2.50. The lowest BCUT2D eigenvalue weighted by Gasteiger charge is -2.38. The molecular weight excluding hydrogens is 336 g/mol. The van der Waals surface area contributed by atoms with E-state index in [-0.39, 0.29) is 17.2 Å². The van der Waals surface area contributed by atoms with Crippen LogP contribution in [0.2, 0.25) is 0 Å². The lowest BCUT2D eigenvalue weighted by atomic mass is 9.85. The molecule has 1 aliphatic heterocycles. The molecule has 1 atom stereocenters. The Kier molecular flexibility index (Phi) is 5.33. The van der Waals surface area contributed by atoms with Crippen LogP contribution in [-0.2, 0) is 15.0 Å². The first kappa shape index (κ1) is 18.3. The second-order valence-electron chi connectivity index (χ2n) is 8.25. The van der Waals surface area contributed by atoms with Gasteiger partial charge in [-0.1, -0.05) is 36.4 Å². The summed E-state index contributed by atoms with van der Waals surface area (Å²) in [5.74, 6) is 0.942. The zero-order valence-corrected chi connectivity index (χ0v) is 16.1. The molecule has 2 amide bonds. The molecule has 4 rings (SSSR count). The molecule has 27 heavy (non-hydrogen) atoms. The second-order valence-corrected chi connectivity index (χ2v) is 8.25. The molecule has 2 aliphatic carbocycles. The van der Waals surface area contributed by atoms with Crippen molar-refractivity contribution in [2.45, 2.75) is 63.2 Å². The van der Waals surface area contributed by atoms with E-state index in [4.69, 9.17) is 0 Å². The summed E-state index contributed by atoms with van der Waals surface area (Å²) in [6.07, 6.45) is 11.3. The van der Waals surface area contributed by atoms with Gasteiger partial charge in [-0.25, -0.2) is 0 Å². The summed E-state index contributed by atoms with van der Waals surface area (Å²) in [5, 5.41) is 3.07. The number of benzene rings is 1. The number of allylic oxidation sites excluding steroid dienone is 2. The van der Waals surface area contributed by atoms with E-state index in [0.29, 0.717) is 25.3 Å². The molecule has 1 saturated heterocycles. The topological polar surface area (TPSA) is 49.4 Å². The number of carbonyl (C=O) groups is 2. The van der Waals surface area contributed by atoms with E-state index < -0.39 is 0 Å². The van der Waals surface area contributed by atoms with Gasteiger partial charge in [0.15, 0.2) is 0 Å². The molecule has 0 radical (unpaired) electrons. The lowest BCUT2D eigenvalue weighted by molar-refractivity contribution is -0.131. The Labute approximate surface area is 162 Å². The van der Waals surface area contributed by atoms with Crippen LogP contribution in [-0.4, -0.2) is 29.8 Å². The van der Waals surface area contributed by atoms with Crippen LogP contribution in [0.4, 0.5) is 0 Å². The normalized spacial score (nSPS) is 23.2. The maximum absolute atomic E-state index is 12.7. The first-order chi connectivity index (χ1) is 13.2. The van der Waals surface area contributed by atoms with Crippen molar-refractivity contribution in [3.63, 3.8) is 0 Å². The molecule has 1 unspecified atom stereocenters. The van der Waals surface area contributed by atoms with Gasteiger partial charge in [-0.05, 0) is 62.8 Å². The summed E-state index contributed by atoms with van der Waals surface area (Å²) in [4.78, 5) is 27.4. The fraction of sp³-hybridized carbons (Fsp3) is 0.565. The van der Waals surface area contributed by atoms with Gasteiger partial charge in [-0.15, -0.1) is 0 Å². The molecule has 0 bridgehead atoms. The number of rotatable bonds is 6. The van der Waals surface area contributed by atoms with Crippen LogP contribution >= 0.6 is 0 Å². The van der Waals surface area contributed by atoms with Crippen molar-refractivity contribution < 1.29 is 9.59 Å². The monoisotopic (exact) mass is 366 g/mol. The molecule has 2 fully saturated rings. The van der Waals surface area contributed by atoms with Gasteiger partial charge >= 0.3 is 0 Å². The Bertz CT molecular complexity index is 721. The van der Waals surface area contributed by atoms with Crippen LogP contribution in [0.3, 0.4) is 0 Å². The van der Waals surface area contributed by atoms with Crippen molar-refractivity contribution in [2.75, 3.05) is 13.1 Å². The van der Waals surface area contributed by atoms with Crippen LogP contribution in [0.5, 0.6) is 0 Å². The number of likely N-dealkylation sites (tertiary alicyclic amines) is 1. The van der Waals surface area contributed by atoms with E-state index in [9.17, 15) is 9.59 Å². The zero-order valence-electron chi connectivity index (χ0n) is 16.1. The Morgan fingerprint density at radius 2 is 1.89 bits per heavy atom. The van der Waals surface area contributed by atoms with Gasteiger partial charge in [0, 0.05) is 25.2 Å². The molecule has 4 nitrogen and oxygen atoms in total. The van der Waals surface area contributed by atoms with Crippen molar-refractivity contribution >= 4 is 11.8 Å². The molecule has 0 spiro atoms.